The fraction of sp³-hybridized carbons (Fsp3) is 0.433. The summed E-state index contributed by atoms with van der Waals surface area (Å²) in [5, 5.41) is 12.5. The summed E-state index contributed by atoms with van der Waals surface area (Å²) in [6, 6.07) is 15.9. The van der Waals surface area contributed by atoms with E-state index < -0.39 is 0 Å². The van der Waals surface area contributed by atoms with Gasteiger partial charge in [-0.05, 0) is 114 Å². The van der Waals surface area contributed by atoms with Crippen molar-refractivity contribution in [3.8, 4) is 11.3 Å². The average molecular weight is 594 g/mol. The molecule has 6 heteroatoms. The van der Waals surface area contributed by atoms with E-state index >= 15 is 0 Å². The molecule has 0 atom stereocenters. The number of aliphatic hydroxyl groups is 1. The van der Waals surface area contributed by atoms with Crippen LogP contribution in [-0.4, -0.2) is 21.0 Å². The first-order valence-electron chi connectivity index (χ1n) is 13.1. The van der Waals surface area contributed by atoms with Gasteiger partial charge in [-0.1, -0.05) is 36.4 Å². The maximum absolute atomic E-state index is 13.0. The minimum Gasteiger partial charge on any atom is -0.392 e. The SMILES string of the molecule is O=C(Cc1ccc(I)cc1)Nc1ncc(-c2ccc(CO)cc2)nc1CC12CC3CC(CC(C3)C1)C2. The number of benzene rings is 2. The number of hydrogen-bond donors (Lipinski definition) is 2. The van der Waals surface area contributed by atoms with Crippen LogP contribution in [0.4, 0.5) is 5.82 Å². The van der Waals surface area contributed by atoms with Crippen molar-refractivity contribution < 1.29 is 9.90 Å². The van der Waals surface area contributed by atoms with Crippen LogP contribution < -0.4 is 5.32 Å². The number of anilines is 1. The summed E-state index contributed by atoms with van der Waals surface area (Å²) in [4.78, 5) is 22.9. The molecule has 4 aliphatic rings. The van der Waals surface area contributed by atoms with Gasteiger partial charge in [-0.3, -0.25) is 4.79 Å². The van der Waals surface area contributed by atoms with Crippen molar-refractivity contribution in [3.05, 3.63) is 75.1 Å². The molecule has 2 aromatic carbocycles. The summed E-state index contributed by atoms with van der Waals surface area (Å²) >= 11 is 2.28. The lowest BCUT2D eigenvalue weighted by atomic mass is 9.48. The third-order valence-corrected chi connectivity index (χ3v) is 9.24. The van der Waals surface area contributed by atoms with E-state index in [2.05, 4.69) is 27.9 Å². The van der Waals surface area contributed by atoms with Crippen LogP contribution in [0.3, 0.4) is 0 Å². The van der Waals surface area contributed by atoms with Gasteiger partial charge in [-0.25, -0.2) is 9.97 Å². The van der Waals surface area contributed by atoms with Crippen LogP contribution in [-0.2, 0) is 24.2 Å². The van der Waals surface area contributed by atoms with E-state index in [1.54, 1.807) is 6.20 Å². The molecule has 0 spiro atoms. The fourth-order valence-corrected chi connectivity index (χ4v) is 7.76. The third-order valence-electron chi connectivity index (χ3n) is 8.52. The van der Waals surface area contributed by atoms with Crippen molar-refractivity contribution in [2.45, 2.75) is 58.0 Å². The molecule has 36 heavy (non-hydrogen) atoms. The van der Waals surface area contributed by atoms with Crippen LogP contribution in [0.15, 0.2) is 54.7 Å². The van der Waals surface area contributed by atoms with Crippen LogP contribution in [0.25, 0.3) is 11.3 Å². The first kappa shape index (κ1) is 24.0. The maximum Gasteiger partial charge on any atom is 0.229 e. The Morgan fingerprint density at radius 2 is 1.56 bits per heavy atom. The number of aliphatic hydroxyl groups excluding tert-OH is 1. The van der Waals surface area contributed by atoms with Gasteiger partial charge in [0, 0.05) is 9.13 Å². The monoisotopic (exact) mass is 593 g/mol. The molecule has 186 valence electrons. The van der Waals surface area contributed by atoms with E-state index in [1.807, 2.05) is 48.5 Å². The van der Waals surface area contributed by atoms with Crippen LogP contribution >= 0.6 is 22.6 Å². The van der Waals surface area contributed by atoms with Crippen molar-refractivity contribution in [1.82, 2.24) is 9.97 Å². The van der Waals surface area contributed by atoms with E-state index in [4.69, 9.17) is 9.97 Å². The molecule has 4 saturated carbocycles. The molecule has 1 aromatic heterocycles. The Labute approximate surface area is 226 Å². The molecule has 0 radical (unpaired) electrons. The number of halogens is 1. The van der Waals surface area contributed by atoms with E-state index in [0.29, 0.717) is 17.7 Å². The zero-order valence-electron chi connectivity index (χ0n) is 20.4. The molecule has 4 aliphatic carbocycles. The standard InChI is InChI=1S/C30H32IN3O2/c31-25-7-3-19(4-8-25)12-28(36)34-29-26(16-30-13-21-9-22(14-30)11-23(10-21)15-30)33-27(17-32-29)24-5-1-20(18-35)2-6-24/h1-8,17,21-23,35H,9-16,18H2,(H,32,34,36). The second-order valence-electron chi connectivity index (χ2n) is 11.4. The summed E-state index contributed by atoms with van der Waals surface area (Å²) in [6.07, 6.45) is 11.0. The number of nitrogens with one attached hydrogen (secondary N) is 1. The zero-order chi connectivity index (χ0) is 24.7. The lowest BCUT2D eigenvalue weighted by molar-refractivity contribution is -0.115. The van der Waals surface area contributed by atoms with Gasteiger partial charge in [0.05, 0.1) is 30.6 Å². The number of nitrogens with zero attached hydrogens (tertiary/aromatic N) is 2. The molecule has 1 amide bonds. The second kappa shape index (κ2) is 9.86. The van der Waals surface area contributed by atoms with Gasteiger partial charge < -0.3 is 10.4 Å². The summed E-state index contributed by atoms with van der Waals surface area (Å²) in [6.45, 7) is 0.0226. The summed E-state index contributed by atoms with van der Waals surface area (Å²) in [5.41, 5.74) is 4.86. The Kier molecular flexibility index (Phi) is 6.58. The molecule has 0 unspecified atom stereocenters. The molecule has 3 aromatic rings. The lowest BCUT2D eigenvalue weighted by Gasteiger charge is -2.57. The first-order chi connectivity index (χ1) is 17.5. The molecule has 0 aliphatic heterocycles. The van der Waals surface area contributed by atoms with Gasteiger partial charge >= 0.3 is 0 Å². The Morgan fingerprint density at radius 1 is 0.944 bits per heavy atom. The summed E-state index contributed by atoms with van der Waals surface area (Å²) in [7, 11) is 0. The van der Waals surface area contributed by atoms with Crippen LogP contribution in [0.1, 0.15) is 55.3 Å². The molecule has 1 heterocycles. The van der Waals surface area contributed by atoms with Gasteiger partial charge in [0.15, 0.2) is 5.82 Å². The van der Waals surface area contributed by atoms with E-state index in [0.717, 1.165) is 55.8 Å². The minimum atomic E-state index is -0.0580. The van der Waals surface area contributed by atoms with Crippen LogP contribution in [0, 0.1) is 26.7 Å². The molecule has 4 bridgehead atoms. The number of amides is 1. The Balaban J connectivity index is 1.29. The molecule has 2 N–H and O–H groups in total. The molecular formula is C30H32IN3O2. The number of carbonyl (C=O) groups is 1. The van der Waals surface area contributed by atoms with Crippen molar-refractivity contribution in [2.75, 3.05) is 5.32 Å². The highest BCUT2D eigenvalue weighted by Crippen LogP contribution is 2.61. The van der Waals surface area contributed by atoms with Crippen molar-refractivity contribution in [3.63, 3.8) is 0 Å². The van der Waals surface area contributed by atoms with Gasteiger partial charge in [0.25, 0.3) is 0 Å². The highest BCUT2D eigenvalue weighted by atomic mass is 127. The summed E-state index contributed by atoms with van der Waals surface area (Å²) < 4.78 is 1.16. The predicted molar refractivity (Wildman–Crippen MR) is 149 cm³/mol. The second-order valence-corrected chi connectivity index (χ2v) is 12.6. The van der Waals surface area contributed by atoms with Crippen LogP contribution in [0.5, 0.6) is 0 Å². The quantitative estimate of drug-likeness (QED) is 0.321. The van der Waals surface area contributed by atoms with Gasteiger partial charge in [0.1, 0.15) is 0 Å². The first-order valence-corrected chi connectivity index (χ1v) is 14.2. The van der Waals surface area contributed by atoms with E-state index in [1.165, 1.54) is 38.5 Å². The number of aromatic nitrogens is 2. The van der Waals surface area contributed by atoms with Crippen LogP contribution in [0.2, 0.25) is 0 Å². The van der Waals surface area contributed by atoms with Crippen molar-refractivity contribution in [1.29, 1.82) is 0 Å². The average Bonchev–Trinajstić information content (AvgIpc) is 2.85. The maximum atomic E-state index is 13.0. The highest BCUT2D eigenvalue weighted by Gasteiger charge is 2.51. The molecule has 0 saturated heterocycles. The number of carbonyl (C=O) groups excluding carboxylic acids is 1. The third kappa shape index (κ3) is 5.07. The van der Waals surface area contributed by atoms with Gasteiger partial charge in [-0.15, -0.1) is 0 Å². The zero-order valence-corrected chi connectivity index (χ0v) is 22.6. The molecule has 4 fully saturated rings. The molecule has 7 rings (SSSR count). The Hall–Kier alpha value is -2.32. The molecular weight excluding hydrogens is 561 g/mol. The fourth-order valence-electron chi connectivity index (χ4n) is 7.40. The minimum absolute atomic E-state index is 0.0226. The molecule has 5 nitrogen and oxygen atoms in total. The summed E-state index contributed by atoms with van der Waals surface area (Å²) in [5.74, 6) is 3.13. The topological polar surface area (TPSA) is 75.1 Å². The highest BCUT2D eigenvalue weighted by molar-refractivity contribution is 14.1. The van der Waals surface area contributed by atoms with Crippen molar-refractivity contribution >= 4 is 34.3 Å². The Morgan fingerprint density at radius 3 is 2.17 bits per heavy atom. The van der Waals surface area contributed by atoms with Gasteiger partial charge in [-0.2, -0.15) is 0 Å². The lowest BCUT2D eigenvalue weighted by Crippen LogP contribution is -2.47. The smallest absolute Gasteiger partial charge is 0.229 e. The van der Waals surface area contributed by atoms with E-state index in [9.17, 15) is 9.90 Å². The Bertz CT molecular complexity index is 1220. The van der Waals surface area contributed by atoms with E-state index in [-0.39, 0.29) is 12.5 Å². The van der Waals surface area contributed by atoms with Crippen molar-refractivity contribution in [2.24, 2.45) is 23.2 Å². The number of hydrogen-bond acceptors (Lipinski definition) is 4. The van der Waals surface area contributed by atoms with Gasteiger partial charge in [0.2, 0.25) is 5.91 Å². The number of rotatable bonds is 7. The predicted octanol–water partition coefficient (Wildman–Crippen LogP) is 6.18. The largest absolute Gasteiger partial charge is 0.392 e. The normalized spacial score (nSPS) is 26.2.